The van der Waals surface area contributed by atoms with Crippen LogP contribution in [0.1, 0.15) is 83.1 Å². The molecule has 0 spiro atoms. The average molecular weight is 486 g/mol. The summed E-state index contributed by atoms with van der Waals surface area (Å²) in [6.45, 7) is 13.2. The summed E-state index contributed by atoms with van der Waals surface area (Å²) in [7, 11) is 3.09. The van der Waals surface area contributed by atoms with Crippen molar-refractivity contribution in [3.63, 3.8) is 0 Å². The molecule has 0 heterocycles. The molecule has 0 atom stereocenters. The van der Waals surface area contributed by atoms with Crippen molar-refractivity contribution < 1.29 is 23.7 Å². The smallest absolute Gasteiger partial charge is 0.258 e. The van der Waals surface area contributed by atoms with E-state index >= 15 is 0 Å². The number of nitrogens with one attached hydrogen (secondary N) is 1. The van der Waals surface area contributed by atoms with Crippen LogP contribution in [0.15, 0.2) is 36.4 Å². The van der Waals surface area contributed by atoms with Crippen LogP contribution < -0.4 is 24.3 Å². The Morgan fingerprint density at radius 1 is 0.829 bits per heavy atom. The van der Waals surface area contributed by atoms with Gasteiger partial charge in [-0.3, -0.25) is 4.79 Å². The number of unbranched alkanes of at least 4 members (excludes halogenated alkanes) is 1. The number of hydrogen-bond acceptors (Lipinski definition) is 5. The monoisotopic (exact) mass is 485 g/mol. The third kappa shape index (κ3) is 8.37. The lowest BCUT2D eigenvalue weighted by atomic mass is 10.0. The van der Waals surface area contributed by atoms with Crippen molar-refractivity contribution in [3.8, 4) is 23.0 Å². The average Bonchev–Trinajstić information content (AvgIpc) is 2.83. The van der Waals surface area contributed by atoms with Crippen LogP contribution in [0.25, 0.3) is 0 Å². The van der Waals surface area contributed by atoms with E-state index in [2.05, 4.69) is 52.9 Å². The Labute approximate surface area is 211 Å². The predicted molar refractivity (Wildman–Crippen MR) is 141 cm³/mol. The molecule has 0 bridgehead atoms. The largest absolute Gasteiger partial charge is 0.496 e. The Hall–Kier alpha value is -2.89. The topological polar surface area (TPSA) is 66.0 Å². The first-order chi connectivity index (χ1) is 16.6. The summed E-state index contributed by atoms with van der Waals surface area (Å²) in [5.74, 6) is 2.48. The SMILES string of the molecule is CCC(C)(C)Oc1ccc(CCCCNC(=O)c2c(OC)cccc2OC)c(OC(C)(C)CC)c1. The lowest BCUT2D eigenvalue weighted by Gasteiger charge is -2.29. The zero-order valence-electron chi connectivity index (χ0n) is 22.7. The molecule has 6 heteroatoms. The molecule has 1 amide bonds. The van der Waals surface area contributed by atoms with Gasteiger partial charge < -0.3 is 24.3 Å². The van der Waals surface area contributed by atoms with Gasteiger partial charge in [0.05, 0.1) is 14.2 Å². The number of rotatable bonds is 14. The van der Waals surface area contributed by atoms with Crippen molar-refractivity contribution in [2.24, 2.45) is 0 Å². The van der Waals surface area contributed by atoms with Gasteiger partial charge in [0.1, 0.15) is 39.8 Å². The number of carbonyl (C=O) groups excluding carboxylic acids is 1. The lowest BCUT2D eigenvalue weighted by molar-refractivity contribution is 0.0938. The fourth-order valence-corrected chi connectivity index (χ4v) is 3.47. The van der Waals surface area contributed by atoms with E-state index in [4.69, 9.17) is 18.9 Å². The second-order valence-electron chi connectivity index (χ2n) is 9.95. The summed E-state index contributed by atoms with van der Waals surface area (Å²) in [4.78, 5) is 12.8. The van der Waals surface area contributed by atoms with Crippen LogP contribution in [0, 0.1) is 0 Å². The molecular weight excluding hydrogens is 442 g/mol. The summed E-state index contributed by atoms with van der Waals surface area (Å²) < 4.78 is 23.3. The maximum atomic E-state index is 12.8. The maximum absolute atomic E-state index is 12.8. The van der Waals surface area contributed by atoms with Gasteiger partial charge in [-0.1, -0.05) is 26.0 Å². The van der Waals surface area contributed by atoms with Gasteiger partial charge in [0.2, 0.25) is 0 Å². The van der Waals surface area contributed by atoms with Crippen molar-refractivity contribution in [1.82, 2.24) is 5.32 Å². The Balaban J connectivity index is 2.02. The molecule has 2 aromatic carbocycles. The highest BCUT2D eigenvalue weighted by atomic mass is 16.5. The molecule has 0 radical (unpaired) electrons. The number of amides is 1. The van der Waals surface area contributed by atoms with E-state index in [0.29, 0.717) is 23.6 Å². The fourth-order valence-electron chi connectivity index (χ4n) is 3.47. The molecule has 0 fully saturated rings. The van der Waals surface area contributed by atoms with E-state index in [-0.39, 0.29) is 17.1 Å². The van der Waals surface area contributed by atoms with Crippen molar-refractivity contribution in [2.75, 3.05) is 20.8 Å². The number of hydrogen-bond donors (Lipinski definition) is 1. The van der Waals surface area contributed by atoms with Gasteiger partial charge in [-0.2, -0.15) is 0 Å². The van der Waals surface area contributed by atoms with Gasteiger partial charge in [0, 0.05) is 12.6 Å². The van der Waals surface area contributed by atoms with Crippen molar-refractivity contribution in [2.45, 2.75) is 84.8 Å². The molecule has 0 aromatic heterocycles. The van der Waals surface area contributed by atoms with Crippen LogP contribution in [0.2, 0.25) is 0 Å². The van der Waals surface area contributed by atoms with Crippen molar-refractivity contribution in [1.29, 1.82) is 0 Å². The molecule has 0 saturated carbocycles. The Morgan fingerprint density at radius 3 is 2.00 bits per heavy atom. The quantitative estimate of drug-likeness (QED) is 0.306. The minimum Gasteiger partial charge on any atom is -0.496 e. The molecule has 194 valence electrons. The minimum atomic E-state index is -0.268. The van der Waals surface area contributed by atoms with Gasteiger partial charge in [-0.05, 0) is 83.6 Å². The molecule has 2 aromatic rings. The zero-order chi connectivity index (χ0) is 26.1. The predicted octanol–water partition coefficient (Wildman–Crippen LogP) is 6.59. The highest BCUT2D eigenvalue weighted by Gasteiger charge is 2.22. The number of ether oxygens (including phenoxy) is 4. The van der Waals surface area contributed by atoms with E-state index in [0.717, 1.165) is 49.2 Å². The van der Waals surface area contributed by atoms with E-state index in [1.807, 2.05) is 12.1 Å². The third-order valence-corrected chi connectivity index (χ3v) is 6.34. The van der Waals surface area contributed by atoms with Gasteiger partial charge in [-0.25, -0.2) is 0 Å². The number of benzene rings is 2. The van der Waals surface area contributed by atoms with Crippen LogP contribution >= 0.6 is 0 Å². The summed E-state index contributed by atoms with van der Waals surface area (Å²) in [5, 5.41) is 2.99. The Kier molecular flexibility index (Phi) is 10.3. The van der Waals surface area contributed by atoms with Crippen LogP contribution in [0.5, 0.6) is 23.0 Å². The fraction of sp³-hybridized carbons (Fsp3) is 0.552. The minimum absolute atomic E-state index is 0.201. The highest BCUT2D eigenvalue weighted by Crippen LogP contribution is 2.32. The van der Waals surface area contributed by atoms with Crippen LogP contribution in [-0.2, 0) is 6.42 Å². The molecular formula is C29H43NO5. The molecule has 6 nitrogen and oxygen atoms in total. The summed E-state index contributed by atoms with van der Waals surface area (Å²) in [6, 6.07) is 11.4. The first kappa shape index (κ1) is 28.3. The molecule has 1 N–H and O–H groups in total. The first-order valence-electron chi connectivity index (χ1n) is 12.6. The first-order valence-corrected chi connectivity index (χ1v) is 12.6. The maximum Gasteiger partial charge on any atom is 0.258 e. The molecule has 0 unspecified atom stereocenters. The second kappa shape index (κ2) is 12.7. The Morgan fingerprint density at radius 2 is 1.43 bits per heavy atom. The number of methoxy groups -OCH3 is 2. The van der Waals surface area contributed by atoms with Gasteiger partial charge in [0.15, 0.2) is 0 Å². The second-order valence-corrected chi connectivity index (χ2v) is 9.95. The molecule has 0 aliphatic rings. The molecule has 0 aliphatic heterocycles. The molecule has 0 aliphatic carbocycles. The Bertz CT molecular complexity index is 945. The van der Waals surface area contributed by atoms with Crippen LogP contribution in [-0.4, -0.2) is 37.9 Å². The van der Waals surface area contributed by atoms with E-state index in [9.17, 15) is 4.79 Å². The summed E-state index contributed by atoms with van der Waals surface area (Å²) in [6.07, 6.45) is 4.41. The molecule has 0 saturated heterocycles. The summed E-state index contributed by atoms with van der Waals surface area (Å²) in [5.41, 5.74) is 1.06. The van der Waals surface area contributed by atoms with Crippen LogP contribution in [0.4, 0.5) is 0 Å². The summed E-state index contributed by atoms with van der Waals surface area (Å²) >= 11 is 0. The molecule has 35 heavy (non-hydrogen) atoms. The van der Waals surface area contributed by atoms with Crippen molar-refractivity contribution in [3.05, 3.63) is 47.5 Å². The van der Waals surface area contributed by atoms with E-state index in [1.165, 1.54) is 0 Å². The lowest BCUT2D eigenvalue weighted by Crippen LogP contribution is -2.28. The van der Waals surface area contributed by atoms with Gasteiger partial charge in [-0.15, -0.1) is 0 Å². The van der Waals surface area contributed by atoms with Crippen molar-refractivity contribution >= 4 is 5.91 Å². The molecule has 2 rings (SSSR count). The normalized spacial score (nSPS) is 11.7. The zero-order valence-corrected chi connectivity index (χ0v) is 22.7. The third-order valence-electron chi connectivity index (χ3n) is 6.34. The standard InChI is InChI=1S/C29H43NO5/c1-9-28(3,4)34-22-18-17-21(25(20-22)35-29(5,6)10-2)14-11-12-19-30-27(31)26-23(32-7)15-13-16-24(26)33-8/h13,15-18,20H,9-12,14,19H2,1-8H3,(H,30,31). The van der Waals surface area contributed by atoms with Crippen LogP contribution in [0.3, 0.4) is 0 Å². The number of aryl methyl sites for hydroxylation is 1. The number of carbonyl (C=O) groups is 1. The van der Waals surface area contributed by atoms with E-state index in [1.54, 1.807) is 32.4 Å². The van der Waals surface area contributed by atoms with Gasteiger partial charge in [0.25, 0.3) is 5.91 Å². The van der Waals surface area contributed by atoms with E-state index < -0.39 is 0 Å². The highest BCUT2D eigenvalue weighted by molar-refractivity contribution is 5.99. The van der Waals surface area contributed by atoms with Gasteiger partial charge >= 0.3 is 0 Å².